The average Bonchev–Trinajstić information content (AvgIpc) is 2.86. The quantitative estimate of drug-likeness (QED) is 0.262. The Bertz CT molecular complexity index is 1110. The van der Waals surface area contributed by atoms with Crippen molar-refractivity contribution in [2.75, 3.05) is 26.4 Å². The molecule has 4 rings (SSSR count). The fourth-order valence-corrected chi connectivity index (χ4v) is 3.57. The van der Waals surface area contributed by atoms with E-state index < -0.39 is 0 Å². The van der Waals surface area contributed by atoms with Crippen molar-refractivity contribution in [3.05, 3.63) is 96.6 Å². The van der Waals surface area contributed by atoms with Crippen molar-refractivity contribution in [2.45, 2.75) is 13.3 Å². The van der Waals surface area contributed by atoms with Gasteiger partial charge in [-0.15, -0.1) is 0 Å². The van der Waals surface area contributed by atoms with Crippen LogP contribution < -0.4 is 18.9 Å². The van der Waals surface area contributed by atoms with Crippen molar-refractivity contribution < 1.29 is 18.9 Å². The van der Waals surface area contributed by atoms with E-state index in [4.69, 9.17) is 18.9 Å². The maximum Gasteiger partial charge on any atom is 0.130 e. The maximum atomic E-state index is 6.20. The van der Waals surface area contributed by atoms with Gasteiger partial charge in [0.2, 0.25) is 0 Å². The van der Waals surface area contributed by atoms with Crippen molar-refractivity contribution in [3.8, 4) is 23.0 Å². The van der Waals surface area contributed by atoms with Crippen LogP contribution in [0.3, 0.4) is 0 Å². The third-order valence-corrected chi connectivity index (χ3v) is 5.11. The molecule has 0 spiro atoms. The van der Waals surface area contributed by atoms with E-state index in [0.29, 0.717) is 26.4 Å². The number of aryl methyl sites for hydroxylation is 1. The molecule has 4 heteroatoms. The molecule has 0 unspecified atom stereocenters. The summed E-state index contributed by atoms with van der Waals surface area (Å²) in [5.74, 6) is 3.43. The zero-order valence-corrected chi connectivity index (χ0v) is 18.3. The van der Waals surface area contributed by atoms with Crippen LogP contribution in [0.2, 0.25) is 0 Å². The van der Waals surface area contributed by atoms with Crippen molar-refractivity contribution >= 4 is 10.8 Å². The summed E-state index contributed by atoms with van der Waals surface area (Å²) in [5, 5.41) is 2.08. The molecule has 0 heterocycles. The number of rotatable bonds is 11. The van der Waals surface area contributed by atoms with Gasteiger partial charge in [0.25, 0.3) is 0 Å². The minimum atomic E-state index is 0.465. The van der Waals surface area contributed by atoms with E-state index in [1.165, 1.54) is 0 Å². The highest BCUT2D eigenvalue weighted by Gasteiger charge is 2.13. The first-order valence-corrected chi connectivity index (χ1v) is 11.0. The maximum absolute atomic E-state index is 6.20. The van der Waals surface area contributed by atoms with E-state index >= 15 is 0 Å². The molecule has 0 aromatic heterocycles. The Kier molecular flexibility index (Phi) is 7.48. The SMILES string of the molecule is CCc1cc(OCCOc2ccccc2)c2ccccc2c1OCCOc1ccccc1. The summed E-state index contributed by atoms with van der Waals surface area (Å²) in [4.78, 5) is 0. The molecule has 164 valence electrons. The zero-order valence-electron chi connectivity index (χ0n) is 18.3. The molecule has 0 saturated carbocycles. The molecule has 4 nitrogen and oxygen atoms in total. The van der Waals surface area contributed by atoms with E-state index in [1.807, 2.05) is 72.8 Å². The second-order valence-electron chi connectivity index (χ2n) is 7.28. The van der Waals surface area contributed by atoms with Gasteiger partial charge >= 0.3 is 0 Å². The minimum Gasteiger partial charge on any atom is -0.490 e. The number of hydrogen-bond donors (Lipinski definition) is 0. The summed E-state index contributed by atoms with van der Waals surface area (Å²) in [7, 11) is 0. The lowest BCUT2D eigenvalue weighted by molar-refractivity contribution is 0.215. The van der Waals surface area contributed by atoms with Crippen LogP contribution in [0.4, 0.5) is 0 Å². The fourth-order valence-electron chi connectivity index (χ4n) is 3.57. The van der Waals surface area contributed by atoms with Crippen LogP contribution >= 0.6 is 0 Å². The highest BCUT2D eigenvalue weighted by Crippen LogP contribution is 2.37. The van der Waals surface area contributed by atoms with Crippen molar-refractivity contribution in [2.24, 2.45) is 0 Å². The summed E-state index contributed by atoms with van der Waals surface area (Å²) in [5.41, 5.74) is 1.11. The van der Waals surface area contributed by atoms with Crippen LogP contribution in [0.5, 0.6) is 23.0 Å². The molecule has 4 aromatic rings. The molecule has 0 radical (unpaired) electrons. The Hall–Kier alpha value is -3.66. The van der Waals surface area contributed by atoms with Crippen LogP contribution in [-0.2, 0) is 6.42 Å². The molecular weight excluding hydrogens is 400 g/mol. The molecule has 0 bridgehead atoms. The molecule has 4 aromatic carbocycles. The second kappa shape index (κ2) is 11.1. The topological polar surface area (TPSA) is 36.9 Å². The molecule has 0 N–H and O–H groups in total. The van der Waals surface area contributed by atoms with Crippen LogP contribution in [0.15, 0.2) is 91.0 Å². The van der Waals surface area contributed by atoms with Crippen LogP contribution in [0, 0.1) is 0 Å². The Morgan fingerprint density at radius 1 is 0.531 bits per heavy atom. The molecule has 32 heavy (non-hydrogen) atoms. The second-order valence-corrected chi connectivity index (χ2v) is 7.28. The minimum absolute atomic E-state index is 0.465. The van der Waals surface area contributed by atoms with Gasteiger partial charge in [-0.2, -0.15) is 0 Å². The van der Waals surface area contributed by atoms with E-state index in [2.05, 4.69) is 25.1 Å². The summed E-state index contributed by atoms with van der Waals surface area (Å²) in [6.45, 7) is 4.02. The van der Waals surface area contributed by atoms with Gasteiger partial charge in [-0.25, -0.2) is 0 Å². The van der Waals surface area contributed by atoms with Gasteiger partial charge in [-0.1, -0.05) is 67.6 Å². The number of hydrogen-bond acceptors (Lipinski definition) is 4. The van der Waals surface area contributed by atoms with Gasteiger partial charge < -0.3 is 18.9 Å². The van der Waals surface area contributed by atoms with Crippen molar-refractivity contribution in [1.82, 2.24) is 0 Å². The molecule has 0 amide bonds. The highest BCUT2D eigenvalue weighted by molar-refractivity contribution is 5.94. The summed E-state index contributed by atoms with van der Waals surface area (Å²) in [6, 6.07) is 29.8. The first kappa shape index (κ1) is 21.6. The summed E-state index contributed by atoms with van der Waals surface area (Å²) in [6.07, 6.45) is 0.844. The smallest absolute Gasteiger partial charge is 0.130 e. The molecule has 0 aliphatic carbocycles. The predicted molar refractivity (Wildman–Crippen MR) is 128 cm³/mol. The number of benzene rings is 4. The Labute approximate surface area is 189 Å². The van der Waals surface area contributed by atoms with Crippen LogP contribution in [-0.4, -0.2) is 26.4 Å². The van der Waals surface area contributed by atoms with Gasteiger partial charge in [0.1, 0.15) is 49.4 Å². The monoisotopic (exact) mass is 428 g/mol. The van der Waals surface area contributed by atoms with E-state index in [1.54, 1.807) is 0 Å². The van der Waals surface area contributed by atoms with E-state index in [9.17, 15) is 0 Å². The highest BCUT2D eigenvalue weighted by atomic mass is 16.5. The van der Waals surface area contributed by atoms with Crippen LogP contribution in [0.1, 0.15) is 12.5 Å². The van der Waals surface area contributed by atoms with E-state index in [0.717, 1.165) is 45.8 Å². The number of fused-ring (bicyclic) bond motifs is 1. The number of ether oxygens (including phenoxy) is 4. The van der Waals surface area contributed by atoms with Gasteiger partial charge in [0.15, 0.2) is 0 Å². The first-order chi connectivity index (χ1) is 15.8. The van der Waals surface area contributed by atoms with Crippen LogP contribution in [0.25, 0.3) is 10.8 Å². The van der Waals surface area contributed by atoms with E-state index in [-0.39, 0.29) is 0 Å². The molecule has 0 aliphatic heterocycles. The standard InChI is InChI=1S/C28H28O4/c1-2-22-21-27(31-19-17-29-23-11-5-3-6-12-23)25-15-9-10-16-26(25)28(22)32-20-18-30-24-13-7-4-8-14-24/h3-16,21H,2,17-20H2,1H3. The fraction of sp³-hybridized carbons (Fsp3) is 0.214. The summed E-state index contributed by atoms with van der Waals surface area (Å²) < 4.78 is 23.8. The lowest BCUT2D eigenvalue weighted by Crippen LogP contribution is -2.11. The van der Waals surface area contributed by atoms with Crippen molar-refractivity contribution in [3.63, 3.8) is 0 Å². The molecule has 0 fully saturated rings. The molecule has 0 saturated heterocycles. The Morgan fingerprint density at radius 2 is 1.03 bits per heavy atom. The Morgan fingerprint density at radius 3 is 1.62 bits per heavy atom. The number of para-hydroxylation sites is 2. The average molecular weight is 429 g/mol. The third kappa shape index (κ3) is 5.52. The first-order valence-electron chi connectivity index (χ1n) is 11.0. The molecule has 0 atom stereocenters. The lowest BCUT2D eigenvalue weighted by atomic mass is 10.0. The predicted octanol–water partition coefficient (Wildman–Crippen LogP) is 6.32. The summed E-state index contributed by atoms with van der Waals surface area (Å²) >= 11 is 0. The normalized spacial score (nSPS) is 10.7. The third-order valence-electron chi connectivity index (χ3n) is 5.11. The largest absolute Gasteiger partial charge is 0.490 e. The Balaban J connectivity index is 1.43. The van der Waals surface area contributed by atoms with Gasteiger partial charge in [-0.3, -0.25) is 0 Å². The zero-order chi connectivity index (χ0) is 22.0. The van der Waals surface area contributed by atoms with Gasteiger partial charge in [0.05, 0.1) is 0 Å². The molecular formula is C28H28O4. The lowest BCUT2D eigenvalue weighted by Gasteiger charge is -2.17. The van der Waals surface area contributed by atoms with Gasteiger partial charge in [0, 0.05) is 10.8 Å². The van der Waals surface area contributed by atoms with Crippen molar-refractivity contribution in [1.29, 1.82) is 0 Å². The molecule has 0 aliphatic rings. The van der Waals surface area contributed by atoms with Gasteiger partial charge in [-0.05, 0) is 42.3 Å².